The second-order valence-electron chi connectivity index (χ2n) is 5.05. The number of anilines is 2. The lowest BCUT2D eigenvalue weighted by Crippen LogP contribution is -2.35. The standard InChI is InChI=1S/C14H18F2N4O2/c1-2-17-13(22)20-10-5-3-4-9(6-10)19-12(21)11-7-14(15,16)8-18-11/h3-6,11,18H,2,7-8H2,1H3,(H,19,21)(H2,17,20,22). The van der Waals surface area contributed by atoms with Gasteiger partial charge in [0.25, 0.3) is 5.92 Å². The summed E-state index contributed by atoms with van der Waals surface area (Å²) in [6.07, 6.45) is -0.518. The Balaban J connectivity index is 1.95. The van der Waals surface area contributed by atoms with E-state index in [0.717, 1.165) is 0 Å². The first kappa shape index (κ1) is 16.2. The van der Waals surface area contributed by atoms with Gasteiger partial charge >= 0.3 is 6.03 Å². The van der Waals surface area contributed by atoms with Crippen LogP contribution in [-0.2, 0) is 4.79 Å². The lowest BCUT2D eigenvalue weighted by molar-refractivity contribution is -0.118. The fourth-order valence-electron chi connectivity index (χ4n) is 2.14. The van der Waals surface area contributed by atoms with Crippen molar-refractivity contribution in [2.75, 3.05) is 23.7 Å². The zero-order valence-electron chi connectivity index (χ0n) is 12.1. The number of alkyl halides is 2. The summed E-state index contributed by atoms with van der Waals surface area (Å²) in [7, 11) is 0. The van der Waals surface area contributed by atoms with Crippen molar-refractivity contribution < 1.29 is 18.4 Å². The van der Waals surface area contributed by atoms with Crippen LogP contribution in [0.4, 0.5) is 25.0 Å². The average Bonchev–Trinajstić information content (AvgIpc) is 2.80. The molecule has 1 atom stereocenters. The first-order chi connectivity index (χ1) is 10.4. The van der Waals surface area contributed by atoms with Gasteiger partial charge in [-0.2, -0.15) is 0 Å². The molecule has 1 aliphatic rings. The highest BCUT2D eigenvalue weighted by molar-refractivity contribution is 5.96. The molecule has 1 saturated heterocycles. The number of hydrogen-bond donors (Lipinski definition) is 4. The first-order valence-electron chi connectivity index (χ1n) is 6.96. The van der Waals surface area contributed by atoms with E-state index in [1.54, 1.807) is 31.2 Å². The molecular weight excluding hydrogens is 294 g/mol. The highest BCUT2D eigenvalue weighted by Gasteiger charge is 2.42. The Morgan fingerprint density at radius 1 is 1.32 bits per heavy atom. The van der Waals surface area contributed by atoms with Gasteiger partial charge in [0.05, 0.1) is 12.6 Å². The fourth-order valence-corrected chi connectivity index (χ4v) is 2.14. The SMILES string of the molecule is CCNC(=O)Nc1cccc(NC(=O)C2CC(F)(F)CN2)c1. The quantitative estimate of drug-likeness (QED) is 0.684. The van der Waals surface area contributed by atoms with Crippen LogP contribution in [0.25, 0.3) is 0 Å². The lowest BCUT2D eigenvalue weighted by atomic mass is 10.1. The van der Waals surface area contributed by atoms with Crippen LogP contribution < -0.4 is 21.3 Å². The second kappa shape index (κ2) is 6.69. The Morgan fingerprint density at radius 3 is 2.59 bits per heavy atom. The maximum absolute atomic E-state index is 13.1. The van der Waals surface area contributed by atoms with Crippen LogP contribution in [0, 0.1) is 0 Å². The molecule has 0 bridgehead atoms. The Hall–Kier alpha value is -2.22. The summed E-state index contributed by atoms with van der Waals surface area (Å²) in [4.78, 5) is 23.4. The number of carbonyl (C=O) groups excluding carboxylic acids is 2. The topological polar surface area (TPSA) is 82.3 Å². The van der Waals surface area contributed by atoms with Gasteiger partial charge in [0, 0.05) is 24.3 Å². The molecule has 1 heterocycles. The summed E-state index contributed by atoms with van der Waals surface area (Å²) in [5.41, 5.74) is 0.921. The van der Waals surface area contributed by atoms with Gasteiger partial charge in [-0.1, -0.05) is 6.07 Å². The van der Waals surface area contributed by atoms with Crippen LogP contribution in [0.2, 0.25) is 0 Å². The summed E-state index contributed by atoms with van der Waals surface area (Å²) in [6.45, 7) is 1.79. The molecule has 6 nitrogen and oxygen atoms in total. The van der Waals surface area contributed by atoms with E-state index in [0.29, 0.717) is 17.9 Å². The third-order valence-electron chi connectivity index (χ3n) is 3.15. The molecule has 4 N–H and O–H groups in total. The van der Waals surface area contributed by atoms with Crippen LogP contribution in [-0.4, -0.2) is 37.0 Å². The minimum Gasteiger partial charge on any atom is -0.338 e. The fraction of sp³-hybridized carbons (Fsp3) is 0.429. The van der Waals surface area contributed by atoms with Crippen molar-refractivity contribution in [3.63, 3.8) is 0 Å². The largest absolute Gasteiger partial charge is 0.338 e. The highest BCUT2D eigenvalue weighted by atomic mass is 19.3. The van der Waals surface area contributed by atoms with Crippen LogP contribution in [0.3, 0.4) is 0 Å². The van der Waals surface area contributed by atoms with E-state index in [1.807, 2.05) is 0 Å². The molecule has 1 fully saturated rings. The first-order valence-corrected chi connectivity index (χ1v) is 6.96. The molecule has 1 aromatic rings. The Morgan fingerprint density at radius 2 is 2.00 bits per heavy atom. The summed E-state index contributed by atoms with van der Waals surface area (Å²) in [6, 6.07) is 5.20. The minimum absolute atomic E-state index is 0.358. The molecule has 1 aromatic carbocycles. The predicted octanol–water partition coefficient (Wildman–Crippen LogP) is 1.76. The Bertz CT molecular complexity index is 566. The smallest absolute Gasteiger partial charge is 0.319 e. The summed E-state index contributed by atoms with van der Waals surface area (Å²) < 4.78 is 26.2. The van der Waals surface area contributed by atoms with Gasteiger partial charge in [-0.15, -0.1) is 0 Å². The third kappa shape index (κ3) is 4.39. The van der Waals surface area contributed by atoms with Gasteiger partial charge in [-0.05, 0) is 25.1 Å². The average molecular weight is 312 g/mol. The number of halogens is 2. The molecule has 8 heteroatoms. The highest BCUT2D eigenvalue weighted by Crippen LogP contribution is 2.26. The van der Waals surface area contributed by atoms with E-state index in [1.165, 1.54) is 0 Å². The zero-order chi connectivity index (χ0) is 16.2. The maximum atomic E-state index is 13.1. The number of amides is 3. The van der Waals surface area contributed by atoms with Crippen molar-refractivity contribution in [3.05, 3.63) is 24.3 Å². The predicted molar refractivity (Wildman–Crippen MR) is 79.1 cm³/mol. The number of hydrogen-bond acceptors (Lipinski definition) is 3. The van der Waals surface area contributed by atoms with Gasteiger partial charge in [0.15, 0.2) is 0 Å². The summed E-state index contributed by atoms with van der Waals surface area (Å²) in [5, 5.41) is 10.2. The van der Waals surface area contributed by atoms with Crippen LogP contribution in [0.15, 0.2) is 24.3 Å². The number of carbonyl (C=O) groups is 2. The number of nitrogens with one attached hydrogen (secondary N) is 4. The van der Waals surface area contributed by atoms with Gasteiger partial charge in [-0.25, -0.2) is 13.6 Å². The van der Waals surface area contributed by atoms with Crippen molar-refractivity contribution in [1.29, 1.82) is 0 Å². The van der Waals surface area contributed by atoms with Crippen LogP contribution in [0.5, 0.6) is 0 Å². The molecule has 120 valence electrons. The molecular formula is C14H18F2N4O2. The van der Waals surface area contributed by atoms with Crippen molar-refractivity contribution >= 4 is 23.3 Å². The monoisotopic (exact) mass is 312 g/mol. The molecule has 22 heavy (non-hydrogen) atoms. The molecule has 0 aromatic heterocycles. The molecule has 0 spiro atoms. The van der Waals surface area contributed by atoms with Gasteiger partial charge < -0.3 is 16.0 Å². The van der Waals surface area contributed by atoms with Gasteiger partial charge in [0.1, 0.15) is 0 Å². The van der Waals surface area contributed by atoms with E-state index in [4.69, 9.17) is 0 Å². The van der Waals surface area contributed by atoms with Crippen LogP contribution in [0.1, 0.15) is 13.3 Å². The van der Waals surface area contributed by atoms with Crippen LogP contribution >= 0.6 is 0 Å². The van der Waals surface area contributed by atoms with Crippen molar-refractivity contribution in [3.8, 4) is 0 Å². The van der Waals surface area contributed by atoms with Crippen molar-refractivity contribution in [2.45, 2.75) is 25.3 Å². The molecule has 1 unspecified atom stereocenters. The molecule has 0 saturated carbocycles. The maximum Gasteiger partial charge on any atom is 0.319 e. The lowest BCUT2D eigenvalue weighted by Gasteiger charge is -2.12. The van der Waals surface area contributed by atoms with Gasteiger partial charge in [-0.3, -0.25) is 10.1 Å². The van der Waals surface area contributed by atoms with E-state index >= 15 is 0 Å². The van der Waals surface area contributed by atoms with Crippen molar-refractivity contribution in [2.24, 2.45) is 0 Å². The molecule has 1 aliphatic heterocycles. The molecule has 3 amide bonds. The Kier molecular flexibility index (Phi) is 4.92. The third-order valence-corrected chi connectivity index (χ3v) is 3.15. The van der Waals surface area contributed by atoms with E-state index in [2.05, 4.69) is 21.3 Å². The normalized spacial score (nSPS) is 19.5. The Labute approximate surface area is 126 Å². The zero-order valence-corrected chi connectivity index (χ0v) is 12.1. The second-order valence-corrected chi connectivity index (χ2v) is 5.05. The van der Waals surface area contributed by atoms with E-state index < -0.39 is 30.8 Å². The number of rotatable bonds is 4. The number of benzene rings is 1. The van der Waals surface area contributed by atoms with E-state index in [-0.39, 0.29) is 6.03 Å². The van der Waals surface area contributed by atoms with E-state index in [9.17, 15) is 18.4 Å². The molecule has 2 rings (SSSR count). The summed E-state index contributed by atoms with van der Waals surface area (Å²) in [5.74, 6) is -3.38. The molecule has 0 radical (unpaired) electrons. The number of urea groups is 1. The minimum atomic E-state index is -2.86. The molecule has 0 aliphatic carbocycles. The van der Waals surface area contributed by atoms with Gasteiger partial charge in [0.2, 0.25) is 5.91 Å². The summed E-state index contributed by atoms with van der Waals surface area (Å²) >= 11 is 0. The van der Waals surface area contributed by atoms with Crippen molar-refractivity contribution in [1.82, 2.24) is 10.6 Å².